The van der Waals surface area contributed by atoms with Crippen LogP contribution in [-0.2, 0) is 28.5 Å². The molecule has 0 aromatic carbocycles. The fourth-order valence-electron chi connectivity index (χ4n) is 9.43. The topological polar surface area (TPSA) is 138 Å². The lowest BCUT2D eigenvalue weighted by molar-refractivity contribution is -0.215. The highest BCUT2D eigenvalue weighted by atomic mass is 16.6. The van der Waals surface area contributed by atoms with E-state index in [0.29, 0.717) is 51.4 Å². The standard InChI is InChI=1S/C40H62O9/c1-25-9-7-18-36(3,43)32-23-27(15-20-38(5)30(48-38)13-11-25)29(34(41)46-32)17-22-40(45)28-16-21-39(6)31(49-39)14-12-26(2)10-8-19-37(4,44)33(24-28)47-35(40)42/h9-10,27-33,43-45H,7-8,11-24H2,1-6H3/b25-9+,26-10+/t27-,28-,29?,30-,31-,32-,33-,36+,37+,38+,39+,40?/m1/s1. The first kappa shape index (κ1) is 37.0. The minimum absolute atomic E-state index is 0.0616. The van der Waals surface area contributed by atoms with Gasteiger partial charge in [0.2, 0.25) is 0 Å². The van der Waals surface area contributed by atoms with Crippen molar-refractivity contribution >= 4 is 11.9 Å². The highest BCUT2D eigenvalue weighted by Gasteiger charge is 2.58. The van der Waals surface area contributed by atoms with Gasteiger partial charge < -0.3 is 34.3 Å². The van der Waals surface area contributed by atoms with Gasteiger partial charge in [-0.05, 0) is 150 Å². The Labute approximate surface area is 293 Å². The minimum Gasteiger partial charge on any atom is -0.459 e. The van der Waals surface area contributed by atoms with E-state index < -0.39 is 46.8 Å². The van der Waals surface area contributed by atoms with Crippen molar-refractivity contribution < 1.29 is 43.9 Å². The van der Waals surface area contributed by atoms with Crippen LogP contribution in [0.25, 0.3) is 0 Å². The number of hydrogen-bond donors (Lipinski definition) is 3. The number of carbonyl (C=O) groups is 2. The van der Waals surface area contributed by atoms with Gasteiger partial charge in [0.1, 0.15) is 12.2 Å². The van der Waals surface area contributed by atoms with Gasteiger partial charge in [-0.1, -0.05) is 23.3 Å². The summed E-state index contributed by atoms with van der Waals surface area (Å²) in [5.41, 5.74) is -2.18. The normalized spacial score (nSPS) is 50.3. The average Bonchev–Trinajstić information content (AvgIpc) is 3.90. The van der Waals surface area contributed by atoms with E-state index in [0.717, 1.165) is 38.5 Å². The number of rotatable bonds is 3. The first-order valence-corrected chi connectivity index (χ1v) is 19.2. The number of ether oxygens (including phenoxy) is 4. The summed E-state index contributed by atoms with van der Waals surface area (Å²) in [6.07, 6.45) is 13.4. The van der Waals surface area contributed by atoms with E-state index in [4.69, 9.17) is 18.9 Å². The number of fused-ring (bicyclic) bond motifs is 6. The number of aliphatic hydroxyl groups is 3. The summed E-state index contributed by atoms with van der Waals surface area (Å²) < 4.78 is 24.3. The molecule has 4 heterocycles. The molecular formula is C40H62O9. The lowest BCUT2D eigenvalue weighted by Crippen LogP contribution is -2.58. The molecule has 4 fully saturated rings. The second-order valence-corrected chi connectivity index (χ2v) is 17.7. The zero-order valence-electron chi connectivity index (χ0n) is 30.8. The van der Waals surface area contributed by atoms with Crippen molar-refractivity contribution in [1.29, 1.82) is 0 Å². The van der Waals surface area contributed by atoms with Gasteiger partial charge in [0.25, 0.3) is 0 Å². The van der Waals surface area contributed by atoms with Crippen LogP contribution in [0.2, 0.25) is 0 Å². The maximum atomic E-state index is 13.9. The van der Waals surface area contributed by atoms with Crippen molar-refractivity contribution in [3.63, 3.8) is 0 Å². The van der Waals surface area contributed by atoms with E-state index in [1.807, 2.05) is 0 Å². The SMILES string of the molecule is C/C1=C\CC[C@](C)(O)[C@H]2C[C@@H](CC[C@]3(C)O[C@@H]3CC1)C(CCC1(O)C(=O)O[C@@H]3C[C@H]1CC[C@]1(C)O[C@@H]1CC/C(C)=C/CC[C@]3(C)O)C(=O)O2. The first-order valence-electron chi connectivity index (χ1n) is 19.2. The lowest BCUT2D eigenvalue weighted by atomic mass is 9.69. The number of allylic oxidation sites excluding steroid dienone is 4. The summed E-state index contributed by atoms with van der Waals surface area (Å²) in [4.78, 5) is 27.7. The van der Waals surface area contributed by atoms with E-state index in [1.165, 1.54) is 11.1 Å². The Kier molecular flexibility index (Phi) is 10.3. The van der Waals surface area contributed by atoms with Crippen molar-refractivity contribution in [3.05, 3.63) is 23.3 Å². The molecule has 12 atom stereocenters. The lowest BCUT2D eigenvalue weighted by Gasteiger charge is -2.46. The highest BCUT2D eigenvalue weighted by Crippen LogP contribution is 2.50. The smallest absolute Gasteiger partial charge is 0.338 e. The molecule has 3 N–H and O–H groups in total. The van der Waals surface area contributed by atoms with Crippen LogP contribution >= 0.6 is 0 Å². The molecule has 4 aliphatic heterocycles. The quantitative estimate of drug-likeness (QED) is 0.175. The van der Waals surface area contributed by atoms with Crippen LogP contribution in [0.1, 0.15) is 144 Å². The predicted octanol–water partition coefficient (Wildman–Crippen LogP) is 6.40. The summed E-state index contributed by atoms with van der Waals surface area (Å²) in [7, 11) is 0. The van der Waals surface area contributed by atoms with E-state index in [2.05, 4.69) is 39.8 Å². The largest absolute Gasteiger partial charge is 0.459 e. The summed E-state index contributed by atoms with van der Waals surface area (Å²) in [5.74, 6) is -2.16. The second-order valence-electron chi connectivity index (χ2n) is 17.7. The van der Waals surface area contributed by atoms with Gasteiger partial charge in [0, 0.05) is 5.92 Å². The monoisotopic (exact) mass is 686 g/mol. The molecule has 2 aliphatic carbocycles. The highest BCUT2D eigenvalue weighted by molar-refractivity contribution is 5.81. The van der Waals surface area contributed by atoms with Crippen molar-refractivity contribution in [1.82, 2.24) is 0 Å². The molecule has 0 amide bonds. The number of hydrogen-bond acceptors (Lipinski definition) is 9. The third kappa shape index (κ3) is 8.01. The molecule has 9 nitrogen and oxygen atoms in total. The van der Waals surface area contributed by atoms with Crippen LogP contribution in [0.5, 0.6) is 0 Å². The van der Waals surface area contributed by atoms with Gasteiger partial charge in [0.15, 0.2) is 5.60 Å². The summed E-state index contributed by atoms with van der Waals surface area (Å²) in [6, 6.07) is 0. The fourth-order valence-corrected chi connectivity index (χ4v) is 9.43. The van der Waals surface area contributed by atoms with Crippen molar-refractivity contribution in [2.75, 3.05) is 0 Å². The predicted molar refractivity (Wildman–Crippen MR) is 184 cm³/mol. The molecule has 6 rings (SSSR count). The van der Waals surface area contributed by atoms with Crippen LogP contribution in [0.3, 0.4) is 0 Å². The Morgan fingerprint density at radius 3 is 1.80 bits per heavy atom. The van der Waals surface area contributed by atoms with E-state index in [-0.39, 0.29) is 48.1 Å². The molecular weight excluding hydrogens is 624 g/mol. The molecule has 4 saturated heterocycles. The number of carbonyl (C=O) groups excluding carboxylic acids is 2. The van der Waals surface area contributed by atoms with Crippen LogP contribution in [0.15, 0.2) is 23.3 Å². The zero-order chi connectivity index (χ0) is 35.4. The molecule has 49 heavy (non-hydrogen) atoms. The summed E-state index contributed by atoms with van der Waals surface area (Å²) >= 11 is 0. The van der Waals surface area contributed by atoms with Crippen LogP contribution in [0, 0.1) is 17.8 Å². The molecule has 276 valence electrons. The molecule has 0 aromatic rings. The zero-order valence-corrected chi connectivity index (χ0v) is 30.8. The summed E-state index contributed by atoms with van der Waals surface area (Å²) in [5, 5.41) is 35.3. The van der Waals surface area contributed by atoms with Crippen molar-refractivity contribution in [2.45, 2.75) is 197 Å². The maximum Gasteiger partial charge on any atom is 0.338 e. The Balaban J connectivity index is 1.20. The Morgan fingerprint density at radius 2 is 1.22 bits per heavy atom. The second kappa shape index (κ2) is 13.6. The first-order chi connectivity index (χ1) is 22.9. The van der Waals surface area contributed by atoms with Crippen molar-refractivity contribution in [2.24, 2.45) is 17.8 Å². The molecule has 2 unspecified atom stereocenters. The Bertz CT molecular complexity index is 1320. The molecule has 0 aromatic heterocycles. The van der Waals surface area contributed by atoms with Gasteiger partial charge in [0.05, 0.1) is 40.5 Å². The Morgan fingerprint density at radius 1 is 0.694 bits per heavy atom. The van der Waals surface area contributed by atoms with Crippen LogP contribution in [0.4, 0.5) is 0 Å². The van der Waals surface area contributed by atoms with Crippen LogP contribution in [-0.4, -0.2) is 79.7 Å². The van der Waals surface area contributed by atoms with Gasteiger partial charge in [-0.15, -0.1) is 0 Å². The summed E-state index contributed by atoms with van der Waals surface area (Å²) in [6.45, 7) is 12.0. The maximum absolute atomic E-state index is 13.9. The third-order valence-corrected chi connectivity index (χ3v) is 13.6. The van der Waals surface area contributed by atoms with Gasteiger partial charge in [-0.2, -0.15) is 0 Å². The molecule has 0 saturated carbocycles. The fraction of sp³-hybridized carbons (Fsp3) is 0.850. The number of esters is 2. The van der Waals surface area contributed by atoms with Gasteiger partial charge in [-0.3, -0.25) is 4.79 Å². The molecule has 0 spiro atoms. The molecule has 4 bridgehead atoms. The molecule has 9 heteroatoms. The van der Waals surface area contributed by atoms with Gasteiger partial charge >= 0.3 is 11.9 Å². The van der Waals surface area contributed by atoms with E-state index >= 15 is 0 Å². The van der Waals surface area contributed by atoms with Crippen molar-refractivity contribution in [3.8, 4) is 0 Å². The molecule has 6 aliphatic rings. The van der Waals surface area contributed by atoms with E-state index in [9.17, 15) is 24.9 Å². The van der Waals surface area contributed by atoms with Gasteiger partial charge in [-0.25, -0.2) is 4.79 Å². The van der Waals surface area contributed by atoms with Crippen LogP contribution < -0.4 is 0 Å². The Hall–Kier alpha value is -1.78. The van der Waals surface area contributed by atoms with E-state index in [1.54, 1.807) is 13.8 Å². The molecule has 0 radical (unpaired) electrons. The number of epoxide rings is 2. The minimum atomic E-state index is -1.80. The third-order valence-electron chi connectivity index (χ3n) is 13.6. The average molecular weight is 687 g/mol.